The summed E-state index contributed by atoms with van der Waals surface area (Å²) in [5, 5.41) is 9.74. The Kier molecular flexibility index (Phi) is 5.84. The molecule has 0 fully saturated rings. The molecule has 0 saturated heterocycles. The summed E-state index contributed by atoms with van der Waals surface area (Å²) in [5.41, 5.74) is 0.467. The van der Waals surface area contributed by atoms with Crippen LogP contribution in [-0.2, 0) is 4.74 Å². The van der Waals surface area contributed by atoms with Gasteiger partial charge in [-0.15, -0.1) is 0 Å². The number of ether oxygens (including phenoxy) is 2. The molecule has 24 heavy (non-hydrogen) atoms. The molecule has 1 aliphatic rings. The predicted octanol–water partition coefficient (Wildman–Crippen LogP) is 3.91. The molecule has 1 N–H and O–H groups in total. The average Bonchev–Trinajstić information content (AvgIpc) is 2.52. The van der Waals surface area contributed by atoms with Crippen molar-refractivity contribution in [2.75, 3.05) is 13.2 Å². The van der Waals surface area contributed by atoms with Crippen LogP contribution in [0.5, 0.6) is 5.75 Å². The van der Waals surface area contributed by atoms with E-state index in [9.17, 15) is 9.90 Å². The Balaban J connectivity index is 1.80. The molecule has 0 bridgehead atoms. The summed E-state index contributed by atoms with van der Waals surface area (Å²) in [4.78, 5) is 11.9. The molecule has 1 unspecified atom stereocenters. The average molecular weight is 330 g/mol. The summed E-state index contributed by atoms with van der Waals surface area (Å²) < 4.78 is 11.4. The van der Waals surface area contributed by atoms with Crippen LogP contribution < -0.4 is 4.74 Å². The molecule has 1 aromatic rings. The van der Waals surface area contributed by atoms with E-state index in [2.05, 4.69) is 19.9 Å². The molecule has 130 valence electrons. The van der Waals surface area contributed by atoms with Gasteiger partial charge in [-0.3, -0.25) is 4.79 Å². The zero-order valence-electron chi connectivity index (χ0n) is 14.8. The molecular formula is C20H26O4. The Morgan fingerprint density at radius 1 is 1.17 bits per heavy atom. The van der Waals surface area contributed by atoms with Crippen molar-refractivity contribution in [1.82, 2.24) is 0 Å². The van der Waals surface area contributed by atoms with E-state index in [1.807, 2.05) is 6.08 Å². The molecule has 2 rings (SSSR count). The maximum atomic E-state index is 11.9. The monoisotopic (exact) mass is 330 g/mol. The topological polar surface area (TPSA) is 55.8 Å². The second kappa shape index (κ2) is 7.67. The van der Waals surface area contributed by atoms with E-state index >= 15 is 0 Å². The third-order valence-electron chi connectivity index (χ3n) is 3.94. The first kappa shape index (κ1) is 18.3. The number of hydrogen-bond donors (Lipinski definition) is 1. The number of aliphatic hydroxyl groups is 1. The largest absolute Gasteiger partial charge is 0.494 e. The van der Waals surface area contributed by atoms with Gasteiger partial charge in [0.2, 0.25) is 0 Å². The van der Waals surface area contributed by atoms with Crippen LogP contribution in [0.3, 0.4) is 0 Å². The van der Waals surface area contributed by atoms with Gasteiger partial charge in [-0.05, 0) is 57.5 Å². The van der Waals surface area contributed by atoms with Gasteiger partial charge >= 0.3 is 0 Å². The molecule has 0 aromatic heterocycles. The Morgan fingerprint density at radius 3 is 2.38 bits per heavy atom. The highest BCUT2D eigenvalue weighted by atomic mass is 16.5. The Morgan fingerprint density at radius 2 is 1.79 bits per heavy atom. The molecule has 0 heterocycles. The molecule has 0 radical (unpaired) electrons. The quantitative estimate of drug-likeness (QED) is 0.608. The molecule has 4 nitrogen and oxygen atoms in total. The molecule has 0 aliphatic heterocycles. The Labute approximate surface area is 143 Å². The number of rotatable bonds is 7. The number of carbonyl (C=O) groups is 1. The zero-order chi connectivity index (χ0) is 17.7. The third kappa shape index (κ3) is 4.96. The van der Waals surface area contributed by atoms with Gasteiger partial charge in [0, 0.05) is 11.5 Å². The Hall–Kier alpha value is -2.07. The van der Waals surface area contributed by atoms with E-state index in [-0.39, 0.29) is 5.78 Å². The molecule has 1 aromatic carbocycles. The van der Waals surface area contributed by atoms with Crippen LogP contribution in [0.1, 0.15) is 44.5 Å². The minimum Gasteiger partial charge on any atom is -0.494 e. The number of hydrogen-bond acceptors (Lipinski definition) is 4. The lowest BCUT2D eigenvalue weighted by atomic mass is 9.95. The summed E-state index contributed by atoms with van der Waals surface area (Å²) in [6, 6.07) is 6.78. The second-order valence-electron chi connectivity index (χ2n) is 6.80. The standard InChI is InChI=1S/C20H26O4/c1-14-5-10-18(15(2)13-14)24-12-11-23-17-8-6-16(7-9-17)19(21)20(3,4)22/h5-10,15,22H,11-13H2,1-4H3. The summed E-state index contributed by atoms with van der Waals surface area (Å²) >= 11 is 0. The van der Waals surface area contributed by atoms with E-state index in [1.54, 1.807) is 24.3 Å². The first-order chi connectivity index (χ1) is 11.3. The van der Waals surface area contributed by atoms with E-state index in [0.29, 0.717) is 30.4 Å². The van der Waals surface area contributed by atoms with E-state index in [4.69, 9.17) is 9.47 Å². The number of allylic oxidation sites excluding steroid dienone is 4. The third-order valence-corrected chi connectivity index (χ3v) is 3.94. The van der Waals surface area contributed by atoms with Crippen LogP contribution in [0, 0.1) is 5.92 Å². The normalized spacial score (nSPS) is 17.8. The highest BCUT2D eigenvalue weighted by molar-refractivity contribution is 6.01. The van der Waals surface area contributed by atoms with Crippen molar-refractivity contribution in [2.45, 2.75) is 39.7 Å². The van der Waals surface area contributed by atoms with E-state index in [1.165, 1.54) is 19.4 Å². The van der Waals surface area contributed by atoms with Crippen LogP contribution in [0.4, 0.5) is 0 Å². The lowest BCUT2D eigenvalue weighted by molar-refractivity contribution is 0.0488. The maximum Gasteiger partial charge on any atom is 0.193 e. The highest BCUT2D eigenvalue weighted by Gasteiger charge is 2.24. The highest BCUT2D eigenvalue weighted by Crippen LogP contribution is 2.25. The van der Waals surface area contributed by atoms with Crippen molar-refractivity contribution >= 4 is 5.78 Å². The Bertz CT molecular complexity index is 633. The lowest BCUT2D eigenvalue weighted by Crippen LogP contribution is -2.30. The van der Waals surface area contributed by atoms with Gasteiger partial charge in [-0.25, -0.2) is 0 Å². The SMILES string of the molecule is CC1=CC=C(OCCOc2ccc(C(=O)C(C)(C)O)cc2)C(C)C1. The molecule has 4 heteroatoms. The van der Waals surface area contributed by atoms with Crippen LogP contribution in [0.2, 0.25) is 0 Å². The molecule has 0 saturated carbocycles. The van der Waals surface area contributed by atoms with Crippen LogP contribution in [-0.4, -0.2) is 29.7 Å². The smallest absolute Gasteiger partial charge is 0.193 e. The van der Waals surface area contributed by atoms with Gasteiger partial charge in [0.1, 0.15) is 24.6 Å². The summed E-state index contributed by atoms with van der Waals surface area (Å²) in [6.45, 7) is 8.16. The van der Waals surface area contributed by atoms with Crippen molar-refractivity contribution < 1.29 is 19.4 Å². The van der Waals surface area contributed by atoms with E-state index < -0.39 is 5.60 Å². The predicted molar refractivity (Wildman–Crippen MR) is 94.1 cm³/mol. The zero-order valence-corrected chi connectivity index (χ0v) is 14.8. The second-order valence-corrected chi connectivity index (χ2v) is 6.80. The van der Waals surface area contributed by atoms with Crippen molar-refractivity contribution in [1.29, 1.82) is 0 Å². The van der Waals surface area contributed by atoms with Gasteiger partial charge in [0.15, 0.2) is 5.78 Å². The van der Waals surface area contributed by atoms with E-state index in [0.717, 1.165) is 12.2 Å². The van der Waals surface area contributed by atoms with Crippen LogP contribution in [0.25, 0.3) is 0 Å². The summed E-state index contributed by atoms with van der Waals surface area (Å²) in [7, 11) is 0. The van der Waals surface area contributed by atoms with Gasteiger partial charge in [0.05, 0.1) is 5.76 Å². The number of ketones is 1. The first-order valence-electron chi connectivity index (χ1n) is 8.27. The van der Waals surface area contributed by atoms with Gasteiger partial charge in [0.25, 0.3) is 0 Å². The molecule has 1 aliphatic carbocycles. The molecule has 0 spiro atoms. The fraction of sp³-hybridized carbons (Fsp3) is 0.450. The lowest BCUT2D eigenvalue weighted by Gasteiger charge is -2.20. The summed E-state index contributed by atoms with van der Waals surface area (Å²) in [5.74, 6) is 1.77. The summed E-state index contributed by atoms with van der Waals surface area (Å²) in [6.07, 6.45) is 5.15. The molecule has 1 atom stereocenters. The minimum atomic E-state index is -1.37. The van der Waals surface area contributed by atoms with Crippen LogP contribution in [0.15, 0.2) is 47.7 Å². The number of benzene rings is 1. The number of Topliss-reactive ketones (excluding diaryl/α,β-unsaturated/α-hetero) is 1. The van der Waals surface area contributed by atoms with Gasteiger partial charge in [-0.1, -0.05) is 18.6 Å². The minimum absolute atomic E-state index is 0.307. The molecular weight excluding hydrogens is 304 g/mol. The number of carbonyl (C=O) groups excluding carboxylic acids is 1. The van der Waals surface area contributed by atoms with Crippen molar-refractivity contribution in [3.05, 3.63) is 53.3 Å². The van der Waals surface area contributed by atoms with Crippen molar-refractivity contribution in [2.24, 2.45) is 5.92 Å². The van der Waals surface area contributed by atoms with Crippen LogP contribution >= 0.6 is 0 Å². The van der Waals surface area contributed by atoms with Crippen molar-refractivity contribution in [3.8, 4) is 5.75 Å². The van der Waals surface area contributed by atoms with Crippen molar-refractivity contribution in [3.63, 3.8) is 0 Å². The fourth-order valence-electron chi connectivity index (χ4n) is 2.61. The molecule has 0 amide bonds. The maximum absolute atomic E-state index is 11.9. The fourth-order valence-corrected chi connectivity index (χ4v) is 2.61. The van der Waals surface area contributed by atoms with Gasteiger partial charge in [-0.2, -0.15) is 0 Å². The van der Waals surface area contributed by atoms with Gasteiger partial charge < -0.3 is 14.6 Å². The first-order valence-corrected chi connectivity index (χ1v) is 8.27.